The third kappa shape index (κ3) is 2.06. The second kappa shape index (κ2) is 5.56. The first-order chi connectivity index (χ1) is 11.0. The largest absolute Gasteiger partial charge is 0.361 e. The molecule has 2 aliphatic rings. The van der Waals surface area contributed by atoms with Gasteiger partial charge in [-0.05, 0) is 24.5 Å². The van der Waals surface area contributed by atoms with E-state index in [1.165, 1.54) is 11.8 Å². The van der Waals surface area contributed by atoms with Crippen LogP contribution in [0.3, 0.4) is 0 Å². The van der Waals surface area contributed by atoms with Crippen molar-refractivity contribution < 1.29 is 19.2 Å². The van der Waals surface area contributed by atoms with Gasteiger partial charge in [0.2, 0.25) is 17.6 Å². The van der Waals surface area contributed by atoms with E-state index in [1.54, 1.807) is 12.1 Å². The van der Waals surface area contributed by atoms with Gasteiger partial charge in [-0.15, -0.1) is 0 Å². The van der Waals surface area contributed by atoms with E-state index in [9.17, 15) is 14.4 Å². The van der Waals surface area contributed by atoms with Crippen LogP contribution in [0.5, 0.6) is 0 Å². The molecule has 0 N–H and O–H groups in total. The lowest BCUT2D eigenvalue weighted by molar-refractivity contribution is -0.135. The number of benzene rings is 1. The first-order valence-corrected chi connectivity index (χ1v) is 7.70. The third-order valence-electron chi connectivity index (χ3n) is 4.96. The number of fused-ring (bicyclic) bond motifs is 2. The van der Waals surface area contributed by atoms with Gasteiger partial charge in [-0.3, -0.25) is 14.4 Å². The lowest BCUT2D eigenvalue weighted by Crippen LogP contribution is -2.51. The highest BCUT2D eigenvalue weighted by molar-refractivity contribution is 6.30. The molecule has 1 aromatic carbocycles. The molecule has 2 unspecified atom stereocenters. The fraction of sp³-hybridized carbons (Fsp3) is 0.412. The molecule has 1 spiro atoms. The summed E-state index contributed by atoms with van der Waals surface area (Å²) in [6.45, 7) is 1.35. The van der Waals surface area contributed by atoms with Gasteiger partial charge in [-0.25, -0.2) is 4.90 Å². The van der Waals surface area contributed by atoms with Crippen molar-refractivity contribution in [3.05, 3.63) is 35.4 Å². The number of hydrogen-bond acceptors (Lipinski definition) is 3. The number of anilines is 1. The molecular weight excluding hydrogens is 294 g/mol. The highest BCUT2D eigenvalue weighted by Gasteiger charge is 2.59. The lowest BCUT2D eigenvalue weighted by Gasteiger charge is -2.38. The highest BCUT2D eigenvalue weighted by Crippen LogP contribution is 2.53. The molecule has 1 saturated carbocycles. The Morgan fingerprint density at radius 2 is 2.09 bits per heavy atom. The van der Waals surface area contributed by atoms with Crippen molar-refractivity contribution in [3.8, 4) is 0 Å². The normalized spacial score (nSPS) is 25.9. The van der Waals surface area contributed by atoms with Gasteiger partial charge >= 0.3 is 6.21 Å². The maximum Gasteiger partial charge on any atom is 0.323 e. The number of nitrogens with zero attached hydrogens (tertiary/aromatic N) is 3. The first-order valence-electron chi connectivity index (χ1n) is 7.70. The zero-order chi connectivity index (χ0) is 16.6. The summed E-state index contributed by atoms with van der Waals surface area (Å²) in [5, 5.41) is 0. The van der Waals surface area contributed by atoms with Crippen molar-refractivity contribution in [2.24, 2.45) is 5.92 Å². The van der Waals surface area contributed by atoms with Crippen LogP contribution >= 0.6 is 0 Å². The van der Waals surface area contributed by atoms with Gasteiger partial charge < -0.3 is 5.53 Å². The number of rotatable bonds is 2. The third-order valence-corrected chi connectivity index (χ3v) is 4.96. The van der Waals surface area contributed by atoms with Crippen LogP contribution in [-0.2, 0) is 19.8 Å². The van der Waals surface area contributed by atoms with E-state index in [-0.39, 0.29) is 17.6 Å². The Bertz CT molecular complexity index is 751. The van der Waals surface area contributed by atoms with Crippen LogP contribution in [0, 0.1) is 5.92 Å². The molecular formula is C17H17N3O3. The molecule has 3 rings (SSSR count). The maximum absolute atomic E-state index is 13.1. The van der Waals surface area contributed by atoms with E-state index >= 15 is 0 Å². The van der Waals surface area contributed by atoms with Crippen molar-refractivity contribution in [3.63, 3.8) is 0 Å². The van der Waals surface area contributed by atoms with E-state index in [0.29, 0.717) is 18.5 Å². The smallest absolute Gasteiger partial charge is 0.323 e. The van der Waals surface area contributed by atoms with Crippen molar-refractivity contribution in [2.75, 3.05) is 4.90 Å². The maximum atomic E-state index is 13.1. The molecule has 6 nitrogen and oxygen atoms in total. The lowest BCUT2D eigenvalue weighted by atomic mass is 9.61. The Morgan fingerprint density at radius 1 is 1.35 bits per heavy atom. The molecule has 1 aromatic rings. The van der Waals surface area contributed by atoms with Crippen LogP contribution < -0.4 is 4.90 Å². The number of amides is 2. The van der Waals surface area contributed by atoms with Crippen LogP contribution in [0.2, 0.25) is 0 Å². The van der Waals surface area contributed by atoms with E-state index < -0.39 is 11.3 Å². The van der Waals surface area contributed by atoms with Gasteiger partial charge in [0, 0.05) is 12.8 Å². The summed E-state index contributed by atoms with van der Waals surface area (Å²) in [6, 6.07) is 7.14. The zero-order valence-electron chi connectivity index (χ0n) is 12.9. The summed E-state index contributed by atoms with van der Waals surface area (Å²) >= 11 is 0. The minimum absolute atomic E-state index is 0.337. The number of para-hydroxylation sites is 1. The fourth-order valence-electron chi connectivity index (χ4n) is 4.07. The number of ketones is 1. The topological polar surface area (TPSA) is 90.9 Å². The summed E-state index contributed by atoms with van der Waals surface area (Å²) in [5.41, 5.74) is 8.96. The average Bonchev–Trinajstić information content (AvgIpc) is 2.78. The predicted octanol–water partition coefficient (Wildman–Crippen LogP) is 1.88. The standard InChI is InChI=1S/C17H17N3O3/c1-11(21)20-14-8-3-2-6-12(14)17(16(20)23)9-5-4-7-13(17)15(22)10-19-18/h2-3,6,8,10,13H,4-5,7,9H2,1H3. The van der Waals surface area contributed by atoms with Crippen LogP contribution in [0.4, 0.5) is 5.69 Å². The number of hydrogen-bond donors (Lipinski definition) is 0. The molecule has 0 bridgehead atoms. The minimum Gasteiger partial charge on any atom is -0.361 e. The number of imide groups is 1. The van der Waals surface area contributed by atoms with Crippen molar-refractivity contribution in [1.82, 2.24) is 0 Å². The van der Waals surface area contributed by atoms with Gasteiger partial charge in [0.25, 0.3) is 0 Å². The molecule has 1 fully saturated rings. The van der Waals surface area contributed by atoms with E-state index in [2.05, 4.69) is 4.79 Å². The van der Waals surface area contributed by atoms with Crippen LogP contribution in [0.15, 0.2) is 24.3 Å². The van der Waals surface area contributed by atoms with E-state index in [0.717, 1.165) is 24.6 Å². The van der Waals surface area contributed by atoms with Crippen molar-refractivity contribution >= 4 is 29.5 Å². The van der Waals surface area contributed by atoms with Crippen molar-refractivity contribution in [1.29, 1.82) is 0 Å². The summed E-state index contributed by atoms with van der Waals surface area (Å²) in [6.07, 6.45) is 3.56. The van der Waals surface area contributed by atoms with E-state index in [4.69, 9.17) is 5.53 Å². The average molecular weight is 311 g/mol. The van der Waals surface area contributed by atoms with Crippen LogP contribution in [-0.4, -0.2) is 28.6 Å². The second-order valence-electron chi connectivity index (χ2n) is 6.09. The summed E-state index contributed by atoms with van der Waals surface area (Å²) in [4.78, 5) is 41.6. The predicted molar refractivity (Wildman–Crippen MR) is 82.9 cm³/mol. The van der Waals surface area contributed by atoms with Gasteiger partial charge in [-0.2, -0.15) is 4.79 Å². The minimum atomic E-state index is -1.03. The summed E-state index contributed by atoms with van der Waals surface area (Å²) < 4.78 is 0. The molecule has 23 heavy (non-hydrogen) atoms. The molecule has 0 saturated heterocycles. The Labute approximate surface area is 133 Å². The molecule has 6 heteroatoms. The molecule has 1 aliphatic heterocycles. The monoisotopic (exact) mass is 311 g/mol. The molecule has 0 radical (unpaired) electrons. The Balaban J connectivity index is 2.22. The molecule has 2 amide bonds. The molecule has 2 atom stereocenters. The summed E-state index contributed by atoms with van der Waals surface area (Å²) in [5.74, 6) is -1.67. The zero-order valence-corrected chi connectivity index (χ0v) is 12.9. The van der Waals surface area contributed by atoms with Gasteiger partial charge in [0.05, 0.1) is 11.1 Å². The quantitative estimate of drug-likeness (QED) is 0.474. The van der Waals surface area contributed by atoms with Gasteiger partial charge in [0.1, 0.15) is 0 Å². The Morgan fingerprint density at radius 3 is 2.78 bits per heavy atom. The number of carbonyl (C=O) groups is 3. The SMILES string of the molecule is CC(=O)N1C(=O)C2(CCCCC2C(=O)C=[N+]=[N-])c2ccccc21. The number of carbonyl (C=O) groups excluding carboxylic acids is 3. The Kier molecular flexibility index (Phi) is 3.70. The summed E-state index contributed by atoms with van der Waals surface area (Å²) in [7, 11) is 0. The number of Topliss-reactive ketones (excluding diaryl/α,β-unsaturated/α-hetero) is 1. The Hall–Kier alpha value is -2.59. The van der Waals surface area contributed by atoms with Crippen LogP contribution in [0.25, 0.3) is 5.53 Å². The molecule has 118 valence electrons. The van der Waals surface area contributed by atoms with Crippen molar-refractivity contribution in [2.45, 2.75) is 38.0 Å². The highest BCUT2D eigenvalue weighted by atomic mass is 16.2. The van der Waals surface area contributed by atoms with Gasteiger partial charge in [-0.1, -0.05) is 31.0 Å². The van der Waals surface area contributed by atoms with E-state index in [1.807, 2.05) is 12.1 Å². The fourth-order valence-corrected chi connectivity index (χ4v) is 4.07. The molecule has 0 aromatic heterocycles. The molecule has 1 heterocycles. The van der Waals surface area contributed by atoms with Gasteiger partial charge in [0.15, 0.2) is 0 Å². The van der Waals surface area contributed by atoms with Crippen LogP contribution in [0.1, 0.15) is 38.2 Å². The second-order valence-corrected chi connectivity index (χ2v) is 6.09. The first kappa shape index (κ1) is 15.3. The molecule has 1 aliphatic carbocycles.